The monoisotopic (exact) mass is 418 g/mol. The molecule has 1 atom stereocenters. The van der Waals surface area contributed by atoms with Gasteiger partial charge >= 0.3 is 0 Å². The van der Waals surface area contributed by atoms with Gasteiger partial charge in [-0.15, -0.1) is 11.8 Å². The molecule has 0 aliphatic heterocycles. The second kappa shape index (κ2) is 11.8. The van der Waals surface area contributed by atoms with Gasteiger partial charge in [-0.25, -0.2) is 0 Å². The molecule has 4 nitrogen and oxygen atoms in total. The maximum Gasteiger partial charge on any atom is 0.242 e. The Hall–Kier alpha value is -1.98. The molecule has 0 aromatic heterocycles. The van der Waals surface area contributed by atoms with Crippen molar-refractivity contribution < 1.29 is 9.59 Å². The van der Waals surface area contributed by atoms with E-state index in [0.29, 0.717) is 30.3 Å². The minimum atomic E-state index is -0.469. The number of thioether (sulfide) groups is 1. The molecule has 0 aliphatic carbocycles. The van der Waals surface area contributed by atoms with Crippen LogP contribution in [-0.4, -0.2) is 35.1 Å². The van der Waals surface area contributed by atoms with Crippen LogP contribution in [0.1, 0.15) is 31.4 Å². The van der Waals surface area contributed by atoms with Gasteiger partial charge in [-0.3, -0.25) is 9.59 Å². The van der Waals surface area contributed by atoms with Crippen LogP contribution >= 0.6 is 23.4 Å². The molecular formula is C22H27ClN2O2S. The first kappa shape index (κ1) is 22.3. The molecule has 2 amide bonds. The van der Waals surface area contributed by atoms with Gasteiger partial charge in [0.2, 0.25) is 11.8 Å². The van der Waals surface area contributed by atoms with Gasteiger partial charge in [0.15, 0.2) is 0 Å². The van der Waals surface area contributed by atoms with Crippen molar-refractivity contribution >= 4 is 35.2 Å². The van der Waals surface area contributed by atoms with Crippen molar-refractivity contribution in [1.82, 2.24) is 10.2 Å². The summed E-state index contributed by atoms with van der Waals surface area (Å²) in [6.45, 7) is 4.80. The van der Waals surface area contributed by atoms with Crippen LogP contribution in [0.3, 0.4) is 0 Å². The maximum atomic E-state index is 13.0. The van der Waals surface area contributed by atoms with Crippen molar-refractivity contribution in [3.05, 3.63) is 70.7 Å². The lowest BCUT2D eigenvalue weighted by atomic mass is 10.1. The van der Waals surface area contributed by atoms with E-state index in [4.69, 9.17) is 11.6 Å². The summed E-state index contributed by atoms with van der Waals surface area (Å²) >= 11 is 7.46. The lowest BCUT2D eigenvalue weighted by molar-refractivity contribution is -0.139. The van der Waals surface area contributed by atoms with Gasteiger partial charge in [0.25, 0.3) is 0 Å². The molecule has 0 aliphatic rings. The molecular weight excluding hydrogens is 392 g/mol. The van der Waals surface area contributed by atoms with Gasteiger partial charge in [0, 0.05) is 23.9 Å². The van der Waals surface area contributed by atoms with E-state index in [1.807, 2.05) is 68.4 Å². The van der Waals surface area contributed by atoms with Gasteiger partial charge in [-0.2, -0.15) is 0 Å². The summed E-state index contributed by atoms with van der Waals surface area (Å²) in [5.41, 5.74) is 2.13. The highest BCUT2D eigenvalue weighted by Crippen LogP contribution is 2.18. The van der Waals surface area contributed by atoms with Crippen LogP contribution < -0.4 is 5.32 Å². The van der Waals surface area contributed by atoms with Crippen molar-refractivity contribution in [3.63, 3.8) is 0 Å². The minimum absolute atomic E-state index is 0.0269. The Labute approximate surface area is 176 Å². The maximum absolute atomic E-state index is 13.0. The predicted octanol–water partition coefficient (Wildman–Crippen LogP) is 4.52. The van der Waals surface area contributed by atoms with Gasteiger partial charge in [0.1, 0.15) is 6.04 Å². The SMILES string of the molecule is CCNC(=O)[C@@H](CC)N(Cc1ccccc1)C(=O)CSCc1ccc(Cl)cc1. The van der Waals surface area contributed by atoms with Crippen LogP contribution in [0.2, 0.25) is 5.02 Å². The fourth-order valence-electron chi connectivity index (χ4n) is 2.91. The zero-order valence-electron chi connectivity index (χ0n) is 16.4. The van der Waals surface area contributed by atoms with Crippen LogP contribution in [0.25, 0.3) is 0 Å². The second-order valence-corrected chi connectivity index (χ2v) is 7.87. The molecule has 2 aromatic rings. The van der Waals surface area contributed by atoms with E-state index in [9.17, 15) is 9.59 Å². The van der Waals surface area contributed by atoms with E-state index in [1.54, 1.807) is 16.7 Å². The number of hydrogen-bond acceptors (Lipinski definition) is 3. The van der Waals surface area contributed by atoms with Crippen LogP contribution in [-0.2, 0) is 21.9 Å². The van der Waals surface area contributed by atoms with Crippen LogP contribution in [0.5, 0.6) is 0 Å². The average molecular weight is 419 g/mol. The summed E-state index contributed by atoms with van der Waals surface area (Å²) in [4.78, 5) is 27.2. The minimum Gasteiger partial charge on any atom is -0.355 e. The molecule has 0 heterocycles. The average Bonchev–Trinajstić information content (AvgIpc) is 2.70. The smallest absolute Gasteiger partial charge is 0.242 e. The quantitative estimate of drug-likeness (QED) is 0.617. The zero-order chi connectivity index (χ0) is 20.4. The van der Waals surface area contributed by atoms with Gasteiger partial charge in [-0.1, -0.05) is 61.0 Å². The third kappa shape index (κ3) is 6.88. The number of halogens is 1. The molecule has 2 aromatic carbocycles. The van der Waals surface area contributed by atoms with Crippen molar-refractivity contribution in [1.29, 1.82) is 0 Å². The van der Waals surface area contributed by atoms with Crippen LogP contribution in [0.15, 0.2) is 54.6 Å². The summed E-state index contributed by atoms with van der Waals surface area (Å²) < 4.78 is 0. The molecule has 28 heavy (non-hydrogen) atoms. The van der Waals surface area contributed by atoms with Crippen LogP contribution in [0.4, 0.5) is 0 Å². The fourth-order valence-corrected chi connectivity index (χ4v) is 3.91. The van der Waals surface area contributed by atoms with Crippen molar-refractivity contribution in [3.8, 4) is 0 Å². The van der Waals surface area contributed by atoms with Crippen LogP contribution in [0, 0.1) is 0 Å². The lowest BCUT2D eigenvalue weighted by Crippen LogP contribution is -2.49. The molecule has 0 bridgehead atoms. The molecule has 150 valence electrons. The van der Waals surface area contributed by atoms with Gasteiger partial charge in [0.05, 0.1) is 5.75 Å². The summed E-state index contributed by atoms with van der Waals surface area (Å²) in [6.07, 6.45) is 0.576. The third-order valence-corrected chi connectivity index (χ3v) is 5.58. The number of likely N-dealkylation sites (N-methyl/N-ethyl adjacent to an activating group) is 1. The molecule has 2 rings (SSSR count). The Kier molecular flexibility index (Phi) is 9.38. The summed E-state index contributed by atoms with van der Waals surface area (Å²) in [7, 11) is 0. The van der Waals surface area contributed by atoms with Crippen molar-refractivity contribution in [2.75, 3.05) is 12.3 Å². The second-order valence-electron chi connectivity index (χ2n) is 6.45. The van der Waals surface area contributed by atoms with E-state index in [1.165, 1.54) is 0 Å². The number of amides is 2. The van der Waals surface area contributed by atoms with E-state index in [2.05, 4.69) is 5.32 Å². The highest BCUT2D eigenvalue weighted by atomic mass is 35.5. The first-order valence-electron chi connectivity index (χ1n) is 9.48. The molecule has 0 fully saturated rings. The molecule has 0 unspecified atom stereocenters. The lowest BCUT2D eigenvalue weighted by Gasteiger charge is -2.30. The Bertz CT molecular complexity index is 753. The van der Waals surface area contributed by atoms with Crippen molar-refractivity contribution in [2.45, 2.75) is 38.6 Å². The first-order chi connectivity index (χ1) is 13.5. The highest BCUT2D eigenvalue weighted by molar-refractivity contribution is 7.99. The number of carbonyl (C=O) groups is 2. The van der Waals surface area contributed by atoms with E-state index >= 15 is 0 Å². The van der Waals surface area contributed by atoms with Gasteiger partial charge < -0.3 is 10.2 Å². The normalized spacial score (nSPS) is 11.7. The van der Waals surface area contributed by atoms with Gasteiger partial charge in [-0.05, 0) is 36.6 Å². The molecule has 1 N–H and O–H groups in total. The van der Waals surface area contributed by atoms with Crippen molar-refractivity contribution in [2.24, 2.45) is 0 Å². The van der Waals surface area contributed by atoms with E-state index < -0.39 is 6.04 Å². The predicted molar refractivity (Wildman–Crippen MR) is 117 cm³/mol. The molecule has 0 radical (unpaired) electrons. The largest absolute Gasteiger partial charge is 0.355 e. The zero-order valence-corrected chi connectivity index (χ0v) is 17.9. The summed E-state index contributed by atoms with van der Waals surface area (Å²) in [6, 6.07) is 16.9. The summed E-state index contributed by atoms with van der Waals surface area (Å²) in [5.74, 6) is 0.920. The van der Waals surface area contributed by atoms with E-state index in [0.717, 1.165) is 16.9 Å². The number of nitrogens with one attached hydrogen (secondary N) is 1. The highest BCUT2D eigenvalue weighted by Gasteiger charge is 2.28. The summed E-state index contributed by atoms with van der Waals surface area (Å²) in [5, 5.41) is 3.55. The number of rotatable bonds is 10. The topological polar surface area (TPSA) is 49.4 Å². The van der Waals surface area contributed by atoms with E-state index in [-0.39, 0.29) is 11.8 Å². The third-order valence-electron chi connectivity index (χ3n) is 4.34. The Morgan fingerprint density at radius 3 is 2.32 bits per heavy atom. The molecule has 0 spiro atoms. The fraction of sp³-hybridized carbons (Fsp3) is 0.364. The molecule has 6 heteroatoms. The Balaban J connectivity index is 2.06. The number of carbonyl (C=O) groups excluding carboxylic acids is 2. The Morgan fingerprint density at radius 2 is 1.71 bits per heavy atom. The first-order valence-corrected chi connectivity index (χ1v) is 11.0. The number of hydrogen-bond donors (Lipinski definition) is 1. The molecule has 0 saturated carbocycles. The molecule has 0 saturated heterocycles. The number of nitrogens with zero attached hydrogens (tertiary/aromatic N) is 1. The standard InChI is InChI=1S/C22H27ClN2O2S/c1-3-20(22(27)24-4-2)25(14-17-8-6-5-7-9-17)21(26)16-28-15-18-10-12-19(23)13-11-18/h5-13,20H,3-4,14-16H2,1-2H3,(H,24,27)/t20-/m1/s1. The number of benzene rings is 2. The Morgan fingerprint density at radius 1 is 1.04 bits per heavy atom.